The lowest BCUT2D eigenvalue weighted by Gasteiger charge is -2.50. The number of aromatic nitrogens is 5. The minimum atomic E-state index is -3.14. The zero-order valence-corrected chi connectivity index (χ0v) is 16.8. The molecule has 0 radical (unpaired) electrons. The van der Waals surface area contributed by atoms with Crippen LogP contribution in [0.5, 0.6) is 0 Å². The minimum Gasteiger partial charge on any atom is -0.349 e. The Bertz CT molecular complexity index is 1080. The number of hydrogen-bond donors (Lipinski definition) is 0. The molecule has 3 fully saturated rings. The molecular weight excluding hydrogens is 400 g/mol. The van der Waals surface area contributed by atoms with Gasteiger partial charge in [-0.25, -0.2) is 19.6 Å². The van der Waals surface area contributed by atoms with Crippen molar-refractivity contribution >= 4 is 28.3 Å². The fraction of sp³-hybridized carbons (Fsp3) is 0.474. The molecule has 6 rings (SSSR count). The second-order valence-electron chi connectivity index (χ2n) is 7.86. The highest BCUT2D eigenvalue weighted by Gasteiger charge is 2.39. The maximum atomic E-state index is 13.8. The van der Waals surface area contributed by atoms with Crippen molar-refractivity contribution in [3.05, 3.63) is 35.5 Å². The highest BCUT2D eigenvalue weighted by molar-refractivity contribution is 6.30. The number of halogens is 3. The molecule has 2 atom stereocenters. The number of rotatable bonds is 3. The third-order valence-corrected chi connectivity index (χ3v) is 6.05. The summed E-state index contributed by atoms with van der Waals surface area (Å²) in [5.41, 5.74) is 0.680. The molecule has 0 aromatic carbocycles. The van der Waals surface area contributed by atoms with Gasteiger partial charge >= 0.3 is 5.92 Å². The van der Waals surface area contributed by atoms with Crippen LogP contribution in [-0.2, 0) is 5.92 Å². The van der Waals surface area contributed by atoms with Gasteiger partial charge in [0.25, 0.3) is 0 Å². The summed E-state index contributed by atoms with van der Waals surface area (Å²) in [6.07, 6.45) is 5.28. The quantitative estimate of drug-likeness (QED) is 0.607. The first kappa shape index (κ1) is 18.6. The first-order valence-corrected chi connectivity index (χ1v) is 9.92. The minimum absolute atomic E-state index is 0.273. The Morgan fingerprint density at radius 2 is 1.97 bits per heavy atom. The van der Waals surface area contributed by atoms with E-state index in [9.17, 15) is 8.78 Å². The number of likely N-dealkylation sites (N-methyl/N-ethyl adjacent to an activating group) is 1. The standard InChI is InChI=1S/C19H20ClF2N7/c1-19(21,22)18-23-6-5-16(25-18)29-14-7-15(20)24-8-13(14)17(26-29)28-10-11-3-4-12(28)9-27(11)2/h5-8,11-12H,3-4,9-10H2,1-2H3. The molecule has 2 bridgehead atoms. The van der Waals surface area contributed by atoms with Gasteiger partial charge in [0.15, 0.2) is 11.6 Å². The van der Waals surface area contributed by atoms with Crippen molar-refractivity contribution < 1.29 is 8.78 Å². The summed E-state index contributed by atoms with van der Waals surface area (Å²) >= 11 is 6.13. The van der Waals surface area contributed by atoms with E-state index < -0.39 is 11.7 Å². The molecule has 152 valence electrons. The van der Waals surface area contributed by atoms with Crippen LogP contribution < -0.4 is 4.90 Å². The van der Waals surface area contributed by atoms with Crippen molar-refractivity contribution in [2.45, 2.75) is 37.8 Å². The van der Waals surface area contributed by atoms with Gasteiger partial charge in [-0.2, -0.15) is 8.78 Å². The maximum absolute atomic E-state index is 13.8. The molecule has 0 N–H and O–H groups in total. The molecule has 3 aromatic heterocycles. The van der Waals surface area contributed by atoms with Gasteiger partial charge in [0.05, 0.1) is 10.9 Å². The van der Waals surface area contributed by atoms with Gasteiger partial charge in [0.2, 0.25) is 5.82 Å². The summed E-state index contributed by atoms with van der Waals surface area (Å²) < 4.78 is 29.1. The normalized spacial score (nSPS) is 22.6. The molecule has 7 nitrogen and oxygen atoms in total. The van der Waals surface area contributed by atoms with Crippen LogP contribution >= 0.6 is 11.6 Å². The predicted octanol–water partition coefficient (Wildman–Crippen LogP) is 3.26. The van der Waals surface area contributed by atoms with E-state index in [1.807, 2.05) is 0 Å². The van der Waals surface area contributed by atoms with Crippen molar-refractivity contribution in [3.8, 4) is 5.82 Å². The Kier molecular flexibility index (Phi) is 4.22. The van der Waals surface area contributed by atoms with E-state index >= 15 is 0 Å². The van der Waals surface area contributed by atoms with E-state index in [1.54, 1.807) is 23.0 Å². The Balaban J connectivity index is 1.65. The van der Waals surface area contributed by atoms with Crippen molar-refractivity contribution in [1.29, 1.82) is 0 Å². The van der Waals surface area contributed by atoms with Crippen LogP contribution in [0.1, 0.15) is 25.6 Å². The van der Waals surface area contributed by atoms with E-state index in [4.69, 9.17) is 16.7 Å². The number of alkyl halides is 2. The van der Waals surface area contributed by atoms with Crippen LogP contribution in [-0.4, -0.2) is 61.9 Å². The van der Waals surface area contributed by atoms with Crippen molar-refractivity contribution in [1.82, 2.24) is 29.6 Å². The highest BCUT2D eigenvalue weighted by Crippen LogP contribution is 2.36. The van der Waals surface area contributed by atoms with E-state index in [-0.39, 0.29) is 5.82 Å². The molecule has 0 aliphatic carbocycles. The number of piperazine rings is 1. The average molecular weight is 420 g/mol. The molecule has 3 saturated heterocycles. The molecule has 0 saturated carbocycles. The van der Waals surface area contributed by atoms with Crippen molar-refractivity contribution in [2.24, 2.45) is 0 Å². The SMILES string of the molecule is CN1CC2CCC1CN2c1nn(-c2ccnc(C(C)(F)F)n2)c2cc(Cl)ncc12. The number of nitrogens with zero attached hydrogens (tertiary/aromatic N) is 7. The highest BCUT2D eigenvalue weighted by atomic mass is 35.5. The van der Waals surface area contributed by atoms with Gasteiger partial charge in [0.1, 0.15) is 5.15 Å². The molecule has 6 heterocycles. The summed E-state index contributed by atoms with van der Waals surface area (Å²) in [5, 5.41) is 5.91. The Morgan fingerprint density at radius 3 is 2.66 bits per heavy atom. The molecule has 0 spiro atoms. The summed E-state index contributed by atoms with van der Waals surface area (Å²) in [7, 11) is 2.15. The van der Waals surface area contributed by atoms with Crippen LogP contribution in [0.15, 0.2) is 24.5 Å². The maximum Gasteiger partial charge on any atom is 0.303 e. The Hall–Kier alpha value is -2.39. The molecule has 3 aromatic rings. The second kappa shape index (κ2) is 6.56. The summed E-state index contributed by atoms with van der Waals surface area (Å²) in [6, 6.07) is 4.09. The monoisotopic (exact) mass is 419 g/mol. The lowest BCUT2D eigenvalue weighted by Crippen LogP contribution is -2.61. The van der Waals surface area contributed by atoms with Gasteiger partial charge < -0.3 is 4.90 Å². The van der Waals surface area contributed by atoms with Gasteiger partial charge in [-0.05, 0) is 19.9 Å². The van der Waals surface area contributed by atoms with Crippen LogP contribution in [0, 0.1) is 0 Å². The second-order valence-corrected chi connectivity index (χ2v) is 8.25. The average Bonchev–Trinajstić information content (AvgIpc) is 3.06. The van der Waals surface area contributed by atoms with Gasteiger partial charge in [-0.3, -0.25) is 4.90 Å². The molecule has 0 amide bonds. The number of pyridine rings is 1. The predicted molar refractivity (Wildman–Crippen MR) is 106 cm³/mol. The fourth-order valence-electron chi connectivity index (χ4n) is 4.33. The van der Waals surface area contributed by atoms with Gasteiger partial charge in [-0.1, -0.05) is 11.6 Å². The van der Waals surface area contributed by atoms with E-state index in [0.29, 0.717) is 22.8 Å². The first-order chi connectivity index (χ1) is 13.8. The van der Waals surface area contributed by atoms with E-state index in [0.717, 1.165) is 37.6 Å². The topological polar surface area (TPSA) is 63.0 Å². The van der Waals surface area contributed by atoms with E-state index in [2.05, 4.69) is 31.8 Å². The number of piperidine rings is 2. The lowest BCUT2D eigenvalue weighted by atomic mass is 9.91. The summed E-state index contributed by atoms with van der Waals surface area (Å²) in [6.45, 7) is 2.62. The third kappa shape index (κ3) is 3.12. The summed E-state index contributed by atoms with van der Waals surface area (Å²) in [4.78, 5) is 16.7. The smallest absolute Gasteiger partial charge is 0.303 e. The number of anilines is 1. The van der Waals surface area contributed by atoms with Gasteiger partial charge in [-0.15, -0.1) is 5.10 Å². The van der Waals surface area contributed by atoms with Crippen LogP contribution in [0.3, 0.4) is 0 Å². The fourth-order valence-corrected chi connectivity index (χ4v) is 4.49. The van der Waals surface area contributed by atoms with E-state index in [1.165, 1.54) is 12.6 Å². The Labute approximate surface area is 171 Å². The zero-order valence-electron chi connectivity index (χ0n) is 16.1. The largest absolute Gasteiger partial charge is 0.349 e. The molecular formula is C19H20ClF2N7. The van der Waals surface area contributed by atoms with Crippen LogP contribution in [0.25, 0.3) is 16.7 Å². The third-order valence-electron chi connectivity index (χ3n) is 5.84. The molecule has 2 unspecified atom stereocenters. The first-order valence-electron chi connectivity index (χ1n) is 9.54. The number of hydrogen-bond acceptors (Lipinski definition) is 6. The lowest BCUT2D eigenvalue weighted by molar-refractivity contribution is 0.00763. The molecule has 29 heavy (non-hydrogen) atoms. The molecule has 3 aliphatic rings. The van der Waals surface area contributed by atoms with Crippen LogP contribution in [0.4, 0.5) is 14.6 Å². The summed E-state index contributed by atoms with van der Waals surface area (Å²) in [5.74, 6) is -2.62. The van der Waals surface area contributed by atoms with Gasteiger partial charge in [0, 0.05) is 56.6 Å². The van der Waals surface area contributed by atoms with Crippen LogP contribution in [0.2, 0.25) is 5.15 Å². The molecule has 10 heteroatoms. The number of fused-ring (bicyclic) bond motifs is 4. The van der Waals surface area contributed by atoms with Crippen molar-refractivity contribution in [2.75, 3.05) is 25.0 Å². The van der Waals surface area contributed by atoms with Crippen molar-refractivity contribution in [3.63, 3.8) is 0 Å². The molecule has 3 aliphatic heterocycles. The Morgan fingerprint density at radius 1 is 1.17 bits per heavy atom. The zero-order chi connectivity index (χ0) is 20.3.